The van der Waals surface area contributed by atoms with Gasteiger partial charge in [-0.15, -0.1) is 14.7 Å². The van der Waals surface area contributed by atoms with Crippen molar-refractivity contribution in [2.24, 2.45) is 0 Å². The lowest BCUT2D eigenvalue weighted by Gasteiger charge is -1.95. The van der Waals surface area contributed by atoms with Crippen LogP contribution in [0.4, 0.5) is 0 Å². The van der Waals surface area contributed by atoms with E-state index < -0.39 is 0 Å². The summed E-state index contributed by atoms with van der Waals surface area (Å²) >= 11 is 0. The lowest BCUT2D eigenvalue weighted by atomic mass is 10.8. The van der Waals surface area contributed by atoms with E-state index in [0.29, 0.717) is 6.29 Å². The SMILES string of the molecule is CC(=O)ONCP. The van der Waals surface area contributed by atoms with Gasteiger partial charge in [0.15, 0.2) is 0 Å². The number of hydrogen-bond acceptors (Lipinski definition) is 3. The van der Waals surface area contributed by atoms with Crippen LogP contribution in [0.1, 0.15) is 6.92 Å². The zero-order chi connectivity index (χ0) is 5.70. The van der Waals surface area contributed by atoms with Crippen molar-refractivity contribution in [1.82, 2.24) is 5.48 Å². The van der Waals surface area contributed by atoms with Gasteiger partial charge in [-0.05, 0) is 0 Å². The first-order valence-electron chi connectivity index (χ1n) is 1.87. The van der Waals surface area contributed by atoms with Crippen LogP contribution in [0.5, 0.6) is 0 Å². The highest BCUT2D eigenvalue weighted by atomic mass is 31.0. The van der Waals surface area contributed by atoms with Crippen molar-refractivity contribution in [3.05, 3.63) is 0 Å². The summed E-state index contributed by atoms with van der Waals surface area (Å²) in [4.78, 5) is 14.2. The molecule has 3 nitrogen and oxygen atoms in total. The fraction of sp³-hybridized carbons (Fsp3) is 0.667. The molecule has 0 aromatic heterocycles. The Kier molecular flexibility index (Phi) is 3.95. The second-order valence-electron chi connectivity index (χ2n) is 0.942. The minimum atomic E-state index is -0.317. The van der Waals surface area contributed by atoms with Crippen molar-refractivity contribution in [1.29, 1.82) is 0 Å². The summed E-state index contributed by atoms with van der Waals surface area (Å²) in [6.07, 6.45) is 0.569. The van der Waals surface area contributed by atoms with E-state index >= 15 is 0 Å². The van der Waals surface area contributed by atoms with E-state index in [-0.39, 0.29) is 5.97 Å². The van der Waals surface area contributed by atoms with Crippen LogP contribution in [0, 0.1) is 0 Å². The van der Waals surface area contributed by atoms with Gasteiger partial charge in [-0.1, -0.05) is 0 Å². The second kappa shape index (κ2) is 4.03. The molecule has 7 heavy (non-hydrogen) atoms. The van der Waals surface area contributed by atoms with Gasteiger partial charge in [0.25, 0.3) is 0 Å². The molecule has 0 aliphatic carbocycles. The summed E-state index contributed by atoms with van der Waals surface area (Å²) < 4.78 is 0. The molecule has 0 spiro atoms. The first-order valence-corrected chi connectivity index (χ1v) is 2.69. The van der Waals surface area contributed by atoms with Crippen LogP contribution in [-0.4, -0.2) is 12.3 Å². The van der Waals surface area contributed by atoms with Crippen molar-refractivity contribution >= 4 is 15.2 Å². The summed E-state index contributed by atoms with van der Waals surface area (Å²) in [5, 5.41) is 0. The molecule has 0 fully saturated rings. The van der Waals surface area contributed by atoms with Gasteiger partial charge in [0, 0.05) is 13.2 Å². The summed E-state index contributed by atoms with van der Waals surface area (Å²) in [5.74, 6) is -0.317. The molecule has 0 aromatic carbocycles. The fourth-order valence-corrected chi connectivity index (χ4v) is 0.227. The number of nitrogens with one attached hydrogen (secondary N) is 1. The van der Waals surface area contributed by atoms with Crippen LogP contribution >= 0.6 is 9.24 Å². The maximum absolute atomic E-state index is 9.91. The Morgan fingerprint density at radius 1 is 2.00 bits per heavy atom. The molecule has 0 amide bonds. The lowest BCUT2D eigenvalue weighted by molar-refractivity contribution is -0.147. The number of rotatable bonds is 2. The van der Waals surface area contributed by atoms with Crippen molar-refractivity contribution in [3.63, 3.8) is 0 Å². The summed E-state index contributed by atoms with van der Waals surface area (Å²) in [6, 6.07) is 0. The third kappa shape index (κ3) is 5.86. The molecule has 0 bridgehead atoms. The van der Waals surface area contributed by atoms with E-state index in [9.17, 15) is 4.79 Å². The van der Waals surface area contributed by atoms with E-state index in [2.05, 4.69) is 19.6 Å². The predicted octanol–water partition coefficient (Wildman–Crippen LogP) is -0.113. The third-order valence-corrected chi connectivity index (χ3v) is 0.466. The lowest BCUT2D eigenvalue weighted by Crippen LogP contribution is -2.14. The number of carbonyl (C=O) groups is 1. The van der Waals surface area contributed by atoms with E-state index in [1.165, 1.54) is 6.92 Å². The van der Waals surface area contributed by atoms with Gasteiger partial charge < -0.3 is 4.84 Å². The van der Waals surface area contributed by atoms with Crippen LogP contribution in [0.3, 0.4) is 0 Å². The first-order chi connectivity index (χ1) is 3.27. The highest BCUT2D eigenvalue weighted by Crippen LogP contribution is 1.73. The number of hydrogen-bond donors (Lipinski definition) is 1. The molecule has 0 heterocycles. The molecule has 0 aliphatic heterocycles. The average Bonchev–Trinajstić information content (AvgIpc) is 1.61. The number of hydroxylamine groups is 1. The van der Waals surface area contributed by atoms with Crippen LogP contribution in [0.25, 0.3) is 0 Å². The molecule has 1 N–H and O–H groups in total. The largest absolute Gasteiger partial charge is 0.371 e. The molecular weight excluding hydrogens is 113 g/mol. The minimum Gasteiger partial charge on any atom is -0.371 e. The quantitative estimate of drug-likeness (QED) is 0.409. The van der Waals surface area contributed by atoms with Gasteiger partial charge in [0.2, 0.25) is 0 Å². The molecule has 0 radical (unpaired) electrons. The van der Waals surface area contributed by atoms with Gasteiger partial charge >= 0.3 is 5.97 Å². The normalized spacial score (nSPS) is 8.29. The molecule has 0 rings (SSSR count). The van der Waals surface area contributed by atoms with Crippen LogP contribution in [-0.2, 0) is 9.63 Å². The maximum Gasteiger partial charge on any atom is 0.321 e. The van der Waals surface area contributed by atoms with Crippen molar-refractivity contribution < 1.29 is 9.63 Å². The molecule has 42 valence electrons. The Morgan fingerprint density at radius 2 is 2.57 bits per heavy atom. The van der Waals surface area contributed by atoms with Gasteiger partial charge in [-0.3, -0.25) is 4.79 Å². The minimum absolute atomic E-state index is 0.317. The van der Waals surface area contributed by atoms with Crippen molar-refractivity contribution in [2.75, 3.05) is 6.29 Å². The number of carbonyl (C=O) groups excluding carboxylic acids is 1. The zero-order valence-corrected chi connectivity index (χ0v) is 5.26. The molecule has 0 saturated heterocycles. The van der Waals surface area contributed by atoms with E-state index in [1.54, 1.807) is 0 Å². The van der Waals surface area contributed by atoms with Crippen molar-refractivity contribution in [2.45, 2.75) is 6.92 Å². The molecule has 1 atom stereocenters. The Bertz CT molecular complexity index is 66.0. The monoisotopic (exact) mass is 121 g/mol. The highest BCUT2D eigenvalue weighted by molar-refractivity contribution is 7.16. The van der Waals surface area contributed by atoms with Crippen molar-refractivity contribution in [3.8, 4) is 0 Å². The third-order valence-electron chi connectivity index (χ3n) is 0.299. The van der Waals surface area contributed by atoms with Gasteiger partial charge in [-0.2, -0.15) is 0 Å². The van der Waals surface area contributed by atoms with Gasteiger partial charge in [0.05, 0.1) is 0 Å². The molecule has 0 saturated carbocycles. The molecular formula is C3H8NO2P. The average molecular weight is 121 g/mol. The Hall–Kier alpha value is -0.140. The van der Waals surface area contributed by atoms with Gasteiger partial charge in [-0.25, -0.2) is 0 Å². The van der Waals surface area contributed by atoms with E-state index in [4.69, 9.17) is 0 Å². The zero-order valence-electron chi connectivity index (χ0n) is 4.10. The van der Waals surface area contributed by atoms with Crippen LogP contribution in [0.2, 0.25) is 0 Å². The summed E-state index contributed by atoms with van der Waals surface area (Å²) in [7, 11) is 2.36. The molecule has 1 unspecified atom stereocenters. The molecule has 0 aromatic rings. The Balaban J connectivity index is 2.82. The molecule has 0 aliphatic rings. The van der Waals surface area contributed by atoms with Gasteiger partial charge in [0.1, 0.15) is 0 Å². The molecule has 4 heteroatoms. The van der Waals surface area contributed by atoms with E-state index in [1.807, 2.05) is 0 Å². The maximum atomic E-state index is 9.91. The van der Waals surface area contributed by atoms with Crippen LogP contribution < -0.4 is 5.48 Å². The Morgan fingerprint density at radius 3 is 2.71 bits per heavy atom. The predicted molar refractivity (Wildman–Crippen MR) is 29.5 cm³/mol. The van der Waals surface area contributed by atoms with Crippen LogP contribution in [0.15, 0.2) is 0 Å². The second-order valence-corrected chi connectivity index (χ2v) is 1.35. The fourth-order valence-electron chi connectivity index (χ4n) is 0.143. The Labute approximate surface area is 44.6 Å². The topological polar surface area (TPSA) is 38.3 Å². The highest BCUT2D eigenvalue weighted by Gasteiger charge is 1.84. The summed E-state index contributed by atoms with van der Waals surface area (Å²) in [5.41, 5.74) is 2.36. The van der Waals surface area contributed by atoms with E-state index in [0.717, 1.165) is 0 Å². The smallest absolute Gasteiger partial charge is 0.321 e. The first kappa shape index (κ1) is 6.86. The summed E-state index contributed by atoms with van der Waals surface area (Å²) in [6.45, 7) is 1.34. The standard InChI is InChI=1S/C3H8NO2P/c1-3(5)6-4-2-7/h4H,2,7H2,1H3.